The van der Waals surface area contributed by atoms with Crippen LogP contribution in [0.25, 0.3) is 22.5 Å². The average molecular weight is 276 g/mol. The van der Waals surface area contributed by atoms with Gasteiger partial charge in [0.05, 0.1) is 24.9 Å². The second-order valence-electron chi connectivity index (χ2n) is 4.47. The third kappa shape index (κ3) is 2.49. The molecule has 0 amide bonds. The molecular formula is C17H12N2O2. The van der Waals surface area contributed by atoms with Crippen molar-refractivity contribution in [3.63, 3.8) is 0 Å². The fourth-order valence-electron chi connectivity index (χ4n) is 2.17. The predicted molar refractivity (Wildman–Crippen MR) is 78.6 cm³/mol. The minimum atomic E-state index is 0.629. The molecule has 4 nitrogen and oxygen atoms in total. The Morgan fingerprint density at radius 2 is 1.86 bits per heavy atom. The van der Waals surface area contributed by atoms with Gasteiger partial charge in [0, 0.05) is 11.1 Å². The van der Waals surface area contributed by atoms with Crippen LogP contribution >= 0.6 is 0 Å². The molecule has 0 bridgehead atoms. The second kappa shape index (κ2) is 5.51. The van der Waals surface area contributed by atoms with E-state index in [9.17, 15) is 0 Å². The van der Waals surface area contributed by atoms with Gasteiger partial charge in [-0.25, -0.2) is 4.98 Å². The lowest BCUT2D eigenvalue weighted by atomic mass is 10.00. The quantitative estimate of drug-likeness (QED) is 0.728. The standard InChI is InChI=1S/C17H12N2O2/c1-20-16-7-6-14(17-10-19-11-21-17)8-15(16)13-4-2-12(9-18)3-5-13/h2-8,10-11H,1H3. The molecule has 0 aliphatic heterocycles. The van der Waals surface area contributed by atoms with Gasteiger partial charge in [-0.05, 0) is 35.9 Å². The Morgan fingerprint density at radius 1 is 1.10 bits per heavy atom. The Bertz CT molecular complexity index is 785. The first-order valence-corrected chi connectivity index (χ1v) is 6.39. The lowest BCUT2D eigenvalue weighted by Gasteiger charge is -2.10. The number of nitriles is 1. The van der Waals surface area contributed by atoms with Crippen molar-refractivity contribution in [3.05, 3.63) is 60.6 Å². The molecule has 0 atom stereocenters. The lowest BCUT2D eigenvalue weighted by molar-refractivity contribution is 0.416. The molecule has 3 rings (SSSR count). The number of hydrogen-bond donors (Lipinski definition) is 0. The normalized spacial score (nSPS) is 10.1. The minimum Gasteiger partial charge on any atom is -0.496 e. The summed E-state index contributed by atoms with van der Waals surface area (Å²) in [5, 5.41) is 8.87. The largest absolute Gasteiger partial charge is 0.496 e. The number of methoxy groups -OCH3 is 1. The number of oxazole rings is 1. The fraction of sp³-hybridized carbons (Fsp3) is 0.0588. The van der Waals surface area contributed by atoms with Crippen LogP contribution in [-0.4, -0.2) is 12.1 Å². The van der Waals surface area contributed by atoms with Crippen molar-refractivity contribution in [1.82, 2.24) is 4.98 Å². The van der Waals surface area contributed by atoms with Gasteiger partial charge in [0.25, 0.3) is 0 Å². The van der Waals surface area contributed by atoms with E-state index in [0.717, 1.165) is 22.4 Å². The minimum absolute atomic E-state index is 0.629. The highest BCUT2D eigenvalue weighted by Crippen LogP contribution is 2.34. The Balaban J connectivity index is 2.10. The van der Waals surface area contributed by atoms with Crippen LogP contribution in [-0.2, 0) is 0 Å². The van der Waals surface area contributed by atoms with Crippen LogP contribution in [0.4, 0.5) is 0 Å². The first kappa shape index (κ1) is 12.9. The second-order valence-corrected chi connectivity index (χ2v) is 4.47. The maximum Gasteiger partial charge on any atom is 0.181 e. The van der Waals surface area contributed by atoms with Gasteiger partial charge in [-0.15, -0.1) is 0 Å². The molecular weight excluding hydrogens is 264 g/mol. The highest BCUT2D eigenvalue weighted by molar-refractivity contribution is 5.76. The third-order valence-electron chi connectivity index (χ3n) is 3.24. The molecule has 0 fully saturated rings. The van der Waals surface area contributed by atoms with Crippen molar-refractivity contribution < 1.29 is 9.15 Å². The summed E-state index contributed by atoms with van der Waals surface area (Å²) in [5.74, 6) is 1.47. The molecule has 0 saturated carbocycles. The van der Waals surface area contributed by atoms with Gasteiger partial charge in [-0.2, -0.15) is 5.26 Å². The van der Waals surface area contributed by atoms with E-state index < -0.39 is 0 Å². The SMILES string of the molecule is COc1ccc(-c2cnco2)cc1-c1ccc(C#N)cc1. The molecule has 21 heavy (non-hydrogen) atoms. The first-order chi connectivity index (χ1) is 10.3. The molecule has 0 unspecified atom stereocenters. The molecule has 0 spiro atoms. The van der Waals surface area contributed by atoms with Crippen molar-refractivity contribution >= 4 is 0 Å². The summed E-state index contributed by atoms with van der Waals surface area (Å²) < 4.78 is 10.7. The maximum atomic E-state index is 8.87. The Kier molecular flexibility index (Phi) is 3.40. The van der Waals surface area contributed by atoms with Crippen molar-refractivity contribution in [3.8, 4) is 34.3 Å². The molecule has 1 aromatic heterocycles. The van der Waals surface area contributed by atoms with E-state index in [4.69, 9.17) is 14.4 Å². The Morgan fingerprint density at radius 3 is 2.48 bits per heavy atom. The fourth-order valence-corrected chi connectivity index (χ4v) is 2.17. The molecule has 102 valence electrons. The molecule has 0 N–H and O–H groups in total. The summed E-state index contributed by atoms with van der Waals surface area (Å²) in [7, 11) is 1.64. The summed E-state index contributed by atoms with van der Waals surface area (Å²) >= 11 is 0. The number of nitrogens with zero attached hydrogens (tertiary/aromatic N) is 2. The lowest BCUT2D eigenvalue weighted by Crippen LogP contribution is -1.89. The van der Waals surface area contributed by atoms with Crippen molar-refractivity contribution in [2.75, 3.05) is 7.11 Å². The number of benzene rings is 2. The third-order valence-corrected chi connectivity index (χ3v) is 3.24. The van der Waals surface area contributed by atoms with Crippen LogP contribution < -0.4 is 4.74 Å². The topological polar surface area (TPSA) is 59.1 Å². The number of hydrogen-bond acceptors (Lipinski definition) is 4. The van der Waals surface area contributed by atoms with Crippen molar-refractivity contribution in [1.29, 1.82) is 5.26 Å². The van der Waals surface area contributed by atoms with Gasteiger partial charge >= 0.3 is 0 Å². The first-order valence-electron chi connectivity index (χ1n) is 6.39. The number of ether oxygens (including phenoxy) is 1. The molecule has 4 heteroatoms. The van der Waals surface area contributed by atoms with E-state index in [2.05, 4.69) is 11.1 Å². The van der Waals surface area contributed by atoms with E-state index >= 15 is 0 Å². The molecule has 2 aromatic carbocycles. The van der Waals surface area contributed by atoms with Gasteiger partial charge in [0.15, 0.2) is 12.2 Å². The van der Waals surface area contributed by atoms with E-state index in [1.165, 1.54) is 6.39 Å². The van der Waals surface area contributed by atoms with E-state index in [-0.39, 0.29) is 0 Å². The van der Waals surface area contributed by atoms with Crippen molar-refractivity contribution in [2.45, 2.75) is 0 Å². The molecule has 0 aliphatic rings. The van der Waals surface area contributed by atoms with Gasteiger partial charge in [-0.3, -0.25) is 0 Å². The van der Waals surface area contributed by atoms with Crippen LogP contribution in [0.5, 0.6) is 5.75 Å². The van der Waals surface area contributed by atoms with Crippen molar-refractivity contribution in [2.24, 2.45) is 0 Å². The highest BCUT2D eigenvalue weighted by atomic mass is 16.5. The van der Waals surface area contributed by atoms with Crippen LogP contribution in [0, 0.1) is 11.3 Å². The summed E-state index contributed by atoms with van der Waals surface area (Å²) in [6.45, 7) is 0. The Hall–Kier alpha value is -3.06. The van der Waals surface area contributed by atoms with Crippen LogP contribution in [0.3, 0.4) is 0 Å². The summed E-state index contributed by atoms with van der Waals surface area (Å²) in [5.41, 5.74) is 3.47. The maximum absolute atomic E-state index is 8.87. The predicted octanol–water partition coefficient (Wildman–Crippen LogP) is 3.89. The molecule has 0 radical (unpaired) electrons. The van der Waals surface area contributed by atoms with Gasteiger partial charge in [0.1, 0.15) is 5.75 Å². The Labute approximate surface area is 122 Å². The van der Waals surface area contributed by atoms with E-state index in [0.29, 0.717) is 11.3 Å². The molecule has 0 aliphatic carbocycles. The van der Waals surface area contributed by atoms with Crippen LogP contribution in [0.15, 0.2) is 59.5 Å². The van der Waals surface area contributed by atoms with E-state index in [1.54, 1.807) is 25.4 Å². The van der Waals surface area contributed by atoms with Crippen LogP contribution in [0.2, 0.25) is 0 Å². The number of aromatic nitrogens is 1. The molecule has 1 heterocycles. The zero-order valence-corrected chi connectivity index (χ0v) is 11.4. The highest BCUT2D eigenvalue weighted by Gasteiger charge is 2.10. The van der Waals surface area contributed by atoms with Crippen LogP contribution in [0.1, 0.15) is 5.56 Å². The number of rotatable bonds is 3. The summed E-state index contributed by atoms with van der Waals surface area (Å²) in [6.07, 6.45) is 3.07. The van der Waals surface area contributed by atoms with Gasteiger partial charge < -0.3 is 9.15 Å². The average Bonchev–Trinajstić information content (AvgIpc) is 3.09. The van der Waals surface area contributed by atoms with Gasteiger partial charge in [0.2, 0.25) is 0 Å². The molecule has 3 aromatic rings. The zero-order valence-electron chi connectivity index (χ0n) is 11.4. The zero-order chi connectivity index (χ0) is 14.7. The smallest absolute Gasteiger partial charge is 0.181 e. The van der Waals surface area contributed by atoms with E-state index in [1.807, 2.05) is 30.3 Å². The summed E-state index contributed by atoms with van der Waals surface area (Å²) in [6, 6.07) is 15.3. The summed E-state index contributed by atoms with van der Waals surface area (Å²) in [4.78, 5) is 3.93. The van der Waals surface area contributed by atoms with Gasteiger partial charge in [-0.1, -0.05) is 12.1 Å². The monoisotopic (exact) mass is 276 g/mol. The molecule has 0 saturated heterocycles.